The molecule has 0 spiro atoms. The van der Waals surface area contributed by atoms with Gasteiger partial charge in [0.25, 0.3) is 0 Å². The summed E-state index contributed by atoms with van der Waals surface area (Å²) in [5.41, 5.74) is 2.09. The fraction of sp³-hybridized carbons (Fsp3) is 0.364. The van der Waals surface area contributed by atoms with Crippen LogP contribution >= 0.6 is 11.6 Å². The monoisotopic (exact) mass is 236 g/mol. The Kier molecular flexibility index (Phi) is 2.92. The molecule has 0 bridgehead atoms. The highest BCUT2D eigenvalue weighted by Gasteiger charge is 2.10. The second kappa shape index (κ2) is 4.22. The summed E-state index contributed by atoms with van der Waals surface area (Å²) in [5.74, 6) is 1.10. The summed E-state index contributed by atoms with van der Waals surface area (Å²) < 4.78 is 1.78. The van der Waals surface area contributed by atoms with Crippen LogP contribution < -0.4 is 0 Å². The van der Waals surface area contributed by atoms with E-state index >= 15 is 0 Å². The van der Waals surface area contributed by atoms with Gasteiger partial charge in [-0.05, 0) is 18.9 Å². The summed E-state index contributed by atoms with van der Waals surface area (Å²) in [6.45, 7) is 6.22. The third-order valence-corrected chi connectivity index (χ3v) is 2.54. The van der Waals surface area contributed by atoms with Crippen molar-refractivity contribution >= 4 is 11.6 Å². The molecule has 0 amide bonds. The average molecular weight is 237 g/mol. The third-order valence-electron chi connectivity index (χ3n) is 2.33. The number of aryl methyl sites for hydroxylation is 1. The van der Waals surface area contributed by atoms with Crippen LogP contribution in [0.2, 0.25) is 5.15 Å². The van der Waals surface area contributed by atoms with E-state index in [0.29, 0.717) is 16.9 Å². The van der Waals surface area contributed by atoms with Gasteiger partial charge in [-0.2, -0.15) is 5.10 Å². The van der Waals surface area contributed by atoms with Gasteiger partial charge in [0.1, 0.15) is 11.5 Å². The highest BCUT2D eigenvalue weighted by molar-refractivity contribution is 6.29. The van der Waals surface area contributed by atoms with Crippen molar-refractivity contribution in [2.24, 2.45) is 0 Å². The van der Waals surface area contributed by atoms with Crippen molar-refractivity contribution in [3.8, 4) is 5.82 Å². The molecular weight excluding hydrogens is 224 g/mol. The van der Waals surface area contributed by atoms with E-state index < -0.39 is 0 Å². The largest absolute Gasteiger partial charge is 0.224 e. The van der Waals surface area contributed by atoms with Crippen molar-refractivity contribution < 1.29 is 0 Å². The highest BCUT2D eigenvalue weighted by atomic mass is 35.5. The molecule has 0 aromatic carbocycles. The Hall–Kier alpha value is -1.42. The van der Waals surface area contributed by atoms with E-state index in [0.717, 1.165) is 11.4 Å². The van der Waals surface area contributed by atoms with Gasteiger partial charge in [-0.25, -0.2) is 14.6 Å². The zero-order valence-electron chi connectivity index (χ0n) is 9.48. The van der Waals surface area contributed by atoms with E-state index in [1.54, 1.807) is 10.7 Å². The zero-order chi connectivity index (χ0) is 11.7. The van der Waals surface area contributed by atoms with Gasteiger partial charge in [0.2, 0.25) is 0 Å². The lowest BCUT2D eigenvalue weighted by Crippen LogP contribution is -2.02. The molecule has 84 valence electrons. The lowest BCUT2D eigenvalue weighted by Gasteiger charge is -2.02. The van der Waals surface area contributed by atoms with Crippen LogP contribution in [0.25, 0.3) is 5.82 Å². The maximum absolute atomic E-state index is 5.82. The van der Waals surface area contributed by atoms with Crippen molar-refractivity contribution in [1.29, 1.82) is 0 Å². The summed E-state index contributed by atoms with van der Waals surface area (Å²) in [4.78, 5) is 8.00. The number of aromatic nitrogens is 4. The zero-order valence-corrected chi connectivity index (χ0v) is 10.2. The van der Waals surface area contributed by atoms with E-state index in [4.69, 9.17) is 11.6 Å². The lowest BCUT2D eigenvalue weighted by molar-refractivity contribution is 0.746. The normalized spacial score (nSPS) is 11.1. The highest BCUT2D eigenvalue weighted by Crippen LogP contribution is 2.17. The van der Waals surface area contributed by atoms with Gasteiger partial charge in [0.15, 0.2) is 5.82 Å². The molecular formula is C11H13ClN4. The summed E-state index contributed by atoms with van der Waals surface area (Å²) in [6.07, 6.45) is 1.44. The second-order valence-electron chi connectivity index (χ2n) is 3.98. The predicted molar refractivity (Wildman–Crippen MR) is 63.0 cm³/mol. The van der Waals surface area contributed by atoms with Crippen molar-refractivity contribution in [2.45, 2.75) is 26.7 Å². The summed E-state index contributed by atoms with van der Waals surface area (Å²) in [7, 11) is 0. The van der Waals surface area contributed by atoms with E-state index in [-0.39, 0.29) is 0 Å². The molecule has 0 unspecified atom stereocenters. The van der Waals surface area contributed by atoms with E-state index in [1.807, 2.05) is 6.92 Å². The minimum absolute atomic E-state index is 0.400. The first kappa shape index (κ1) is 11.1. The Morgan fingerprint density at radius 1 is 1.25 bits per heavy atom. The summed E-state index contributed by atoms with van der Waals surface area (Å²) >= 11 is 5.82. The smallest absolute Gasteiger partial charge is 0.158 e. The average Bonchev–Trinajstić information content (AvgIpc) is 2.60. The van der Waals surface area contributed by atoms with Crippen molar-refractivity contribution in [3.63, 3.8) is 0 Å². The van der Waals surface area contributed by atoms with Crippen LogP contribution in [0.15, 0.2) is 18.5 Å². The molecule has 0 fully saturated rings. The Bertz CT molecular complexity index is 504. The topological polar surface area (TPSA) is 43.6 Å². The van der Waals surface area contributed by atoms with Crippen LogP contribution in [0.1, 0.15) is 31.2 Å². The van der Waals surface area contributed by atoms with Crippen LogP contribution in [0.5, 0.6) is 0 Å². The quantitative estimate of drug-likeness (QED) is 0.753. The standard InChI is InChI=1S/C11H13ClN4/c1-7(2)9-4-8(3)16(15-9)11-5-10(12)13-6-14-11/h4-7H,1-3H3. The van der Waals surface area contributed by atoms with Crippen LogP contribution in [0, 0.1) is 6.92 Å². The Labute approximate surface area is 99.3 Å². The molecule has 16 heavy (non-hydrogen) atoms. The molecule has 0 saturated heterocycles. The fourth-order valence-corrected chi connectivity index (χ4v) is 1.59. The molecule has 0 aliphatic carbocycles. The van der Waals surface area contributed by atoms with Gasteiger partial charge in [-0.3, -0.25) is 0 Å². The lowest BCUT2D eigenvalue weighted by atomic mass is 10.1. The predicted octanol–water partition coefficient (Wildman–Crippen LogP) is 2.75. The molecule has 0 radical (unpaired) electrons. The molecule has 2 aromatic heterocycles. The Morgan fingerprint density at radius 3 is 2.56 bits per heavy atom. The van der Waals surface area contributed by atoms with Crippen molar-refractivity contribution in [1.82, 2.24) is 19.7 Å². The molecule has 0 aliphatic heterocycles. The molecule has 2 heterocycles. The maximum atomic E-state index is 5.82. The van der Waals surface area contributed by atoms with E-state index in [2.05, 4.69) is 35.0 Å². The first-order valence-electron chi connectivity index (χ1n) is 5.12. The number of halogens is 1. The van der Waals surface area contributed by atoms with Crippen molar-refractivity contribution in [3.05, 3.63) is 35.0 Å². The maximum Gasteiger partial charge on any atom is 0.158 e. The Balaban J connectivity index is 2.48. The van der Waals surface area contributed by atoms with Crippen molar-refractivity contribution in [2.75, 3.05) is 0 Å². The van der Waals surface area contributed by atoms with E-state index in [1.165, 1.54) is 6.33 Å². The van der Waals surface area contributed by atoms with Crippen LogP contribution in [0.3, 0.4) is 0 Å². The summed E-state index contributed by atoms with van der Waals surface area (Å²) in [5, 5.41) is 4.91. The molecule has 4 nitrogen and oxygen atoms in total. The number of nitrogens with zero attached hydrogens (tertiary/aromatic N) is 4. The van der Waals surface area contributed by atoms with Crippen LogP contribution in [-0.2, 0) is 0 Å². The fourth-order valence-electron chi connectivity index (χ4n) is 1.45. The molecule has 2 aromatic rings. The van der Waals surface area contributed by atoms with Gasteiger partial charge >= 0.3 is 0 Å². The molecule has 2 rings (SSSR count). The van der Waals surface area contributed by atoms with Gasteiger partial charge in [-0.15, -0.1) is 0 Å². The Morgan fingerprint density at radius 2 is 2.00 bits per heavy atom. The minimum Gasteiger partial charge on any atom is -0.224 e. The third kappa shape index (κ3) is 2.07. The molecule has 5 heteroatoms. The van der Waals surface area contributed by atoms with Crippen LogP contribution in [-0.4, -0.2) is 19.7 Å². The molecule has 0 aliphatic rings. The summed E-state index contributed by atoms with van der Waals surface area (Å²) in [6, 6.07) is 3.76. The molecule has 0 saturated carbocycles. The number of hydrogen-bond donors (Lipinski definition) is 0. The number of rotatable bonds is 2. The minimum atomic E-state index is 0.400. The van der Waals surface area contributed by atoms with Gasteiger partial charge < -0.3 is 0 Å². The van der Waals surface area contributed by atoms with Gasteiger partial charge in [0, 0.05) is 11.8 Å². The second-order valence-corrected chi connectivity index (χ2v) is 4.36. The van der Waals surface area contributed by atoms with E-state index in [9.17, 15) is 0 Å². The van der Waals surface area contributed by atoms with Gasteiger partial charge in [0.05, 0.1) is 5.69 Å². The van der Waals surface area contributed by atoms with Gasteiger partial charge in [-0.1, -0.05) is 25.4 Å². The first-order valence-corrected chi connectivity index (χ1v) is 5.50. The van der Waals surface area contributed by atoms with Crippen LogP contribution in [0.4, 0.5) is 0 Å². The number of hydrogen-bond acceptors (Lipinski definition) is 3. The SMILES string of the molecule is Cc1cc(C(C)C)nn1-c1cc(Cl)ncn1. The molecule has 0 N–H and O–H groups in total. The first-order chi connectivity index (χ1) is 7.58. The molecule has 0 atom stereocenters.